The average molecular weight is 376 g/mol. The third kappa shape index (κ3) is 4.41. The Morgan fingerprint density at radius 2 is 2.16 bits per heavy atom. The van der Waals surface area contributed by atoms with Crippen molar-refractivity contribution in [3.63, 3.8) is 0 Å². The van der Waals surface area contributed by atoms with Gasteiger partial charge in [0.2, 0.25) is 5.91 Å². The molecule has 3 rings (SSSR count). The van der Waals surface area contributed by atoms with Crippen LogP contribution in [0.1, 0.15) is 5.56 Å². The van der Waals surface area contributed by atoms with Gasteiger partial charge >= 0.3 is 0 Å². The van der Waals surface area contributed by atoms with Gasteiger partial charge in [0.25, 0.3) is 0 Å². The maximum atomic E-state index is 13.7. The molecule has 25 heavy (non-hydrogen) atoms. The Labute approximate surface area is 154 Å². The number of hydrogen-bond acceptors (Lipinski definition) is 3. The van der Waals surface area contributed by atoms with E-state index in [0.29, 0.717) is 10.2 Å². The molecule has 1 amide bonds. The predicted octanol–water partition coefficient (Wildman–Crippen LogP) is 4.70. The summed E-state index contributed by atoms with van der Waals surface area (Å²) in [4.78, 5) is 16.4. The average Bonchev–Trinajstić information content (AvgIpc) is 3.05. The van der Waals surface area contributed by atoms with E-state index in [1.54, 1.807) is 6.20 Å². The van der Waals surface area contributed by atoms with Crippen LogP contribution >= 0.6 is 23.4 Å². The van der Waals surface area contributed by atoms with E-state index in [0.717, 1.165) is 11.3 Å². The van der Waals surface area contributed by atoms with Crippen molar-refractivity contribution in [1.82, 2.24) is 9.55 Å². The minimum absolute atomic E-state index is 0.0696. The van der Waals surface area contributed by atoms with Crippen LogP contribution in [0.25, 0.3) is 5.69 Å². The van der Waals surface area contributed by atoms with E-state index < -0.39 is 5.82 Å². The van der Waals surface area contributed by atoms with Crippen molar-refractivity contribution in [2.45, 2.75) is 12.1 Å². The maximum absolute atomic E-state index is 13.7. The van der Waals surface area contributed by atoms with Gasteiger partial charge in [-0.15, -0.1) is 0 Å². The molecule has 128 valence electrons. The Hall–Kier alpha value is -2.31. The van der Waals surface area contributed by atoms with Crippen LogP contribution in [0.15, 0.2) is 60.0 Å². The van der Waals surface area contributed by atoms with Crippen molar-refractivity contribution in [3.8, 4) is 5.69 Å². The summed E-state index contributed by atoms with van der Waals surface area (Å²) < 4.78 is 15.6. The molecule has 2 aromatic carbocycles. The largest absolute Gasteiger partial charge is 0.323 e. The number of carbonyl (C=O) groups excluding carboxylic acids is 1. The molecule has 7 heteroatoms. The van der Waals surface area contributed by atoms with E-state index in [1.165, 1.54) is 30.0 Å². The normalized spacial score (nSPS) is 10.7. The molecule has 0 saturated heterocycles. The molecule has 0 aliphatic carbocycles. The Morgan fingerprint density at radius 1 is 1.32 bits per heavy atom. The lowest BCUT2D eigenvalue weighted by Gasteiger charge is -2.09. The number of carbonyl (C=O) groups is 1. The second-order valence-electron chi connectivity index (χ2n) is 5.38. The molecule has 0 radical (unpaired) electrons. The molecule has 0 spiro atoms. The first kappa shape index (κ1) is 17.5. The zero-order valence-electron chi connectivity index (χ0n) is 13.4. The maximum Gasteiger partial charge on any atom is 0.234 e. The van der Waals surface area contributed by atoms with Gasteiger partial charge in [-0.2, -0.15) is 0 Å². The molecule has 0 aliphatic heterocycles. The quantitative estimate of drug-likeness (QED) is 0.657. The number of halogens is 2. The molecular weight excluding hydrogens is 361 g/mol. The van der Waals surface area contributed by atoms with Crippen molar-refractivity contribution in [3.05, 3.63) is 71.3 Å². The molecule has 1 heterocycles. The summed E-state index contributed by atoms with van der Waals surface area (Å²) in [7, 11) is 0. The summed E-state index contributed by atoms with van der Waals surface area (Å²) in [6, 6.07) is 12.0. The molecule has 0 atom stereocenters. The first-order chi connectivity index (χ1) is 12.0. The topological polar surface area (TPSA) is 46.9 Å². The highest BCUT2D eigenvalue weighted by Crippen LogP contribution is 2.23. The Morgan fingerprint density at radius 3 is 2.96 bits per heavy atom. The standard InChI is InChI=1S/C18H15ClFN3OS/c1-12-3-2-4-14(9-12)23-8-7-21-18(23)25-11-17(24)22-16-10-13(19)5-6-15(16)20/h2-10H,11H2,1H3,(H,22,24). The minimum Gasteiger partial charge on any atom is -0.323 e. The number of hydrogen-bond donors (Lipinski definition) is 1. The van der Waals surface area contributed by atoms with Gasteiger partial charge in [0.05, 0.1) is 11.4 Å². The molecule has 0 saturated carbocycles. The molecular formula is C18H15ClFN3OS. The number of amides is 1. The fourth-order valence-corrected chi connectivity index (χ4v) is 3.23. The van der Waals surface area contributed by atoms with Crippen molar-refractivity contribution >= 4 is 35.0 Å². The van der Waals surface area contributed by atoms with Gasteiger partial charge in [0.15, 0.2) is 5.16 Å². The number of nitrogens with one attached hydrogen (secondary N) is 1. The van der Waals surface area contributed by atoms with Gasteiger partial charge in [0, 0.05) is 23.1 Å². The van der Waals surface area contributed by atoms with Gasteiger partial charge in [-0.25, -0.2) is 9.37 Å². The van der Waals surface area contributed by atoms with Crippen molar-refractivity contribution in [2.24, 2.45) is 0 Å². The monoisotopic (exact) mass is 375 g/mol. The zero-order chi connectivity index (χ0) is 17.8. The fraction of sp³-hybridized carbons (Fsp3) is 0.111. The number of anilines is 1. The summed E-state index contributed by atoms with van der Waals surface area (Å²) >= 11 is 7.10. The molecule has 0 bridgehead atoms. The summed E-state index contributed by atoms with van der Waals surface area (Å²) in [6.45, 7) is 2.01. The molecule has 0 aliphatic rings. The minimum atomic E-state index is -0.524. The Bertz CT molecular complexity index is 913. The lowest BCUT2D eigenvalue weighted by Crippen LogP contribution is -2.15. The number of nitrogens with zero attached hydrogens (tertiary/aromatic N) is 2. The summed E-state index contributed by atoms with van der Waals surface area (Å²) in [6.07, 6.45) is 3.52. The summed E-state index contributed by atoms with van der Waals surface area (Å²) in [5.74, 6) is -0.747. The molecule has 1 N–H and O–H groups in total. The first-order valence-electron chi connectivity index (χ1n) is 7.51. The SMILES string of the molecule is Cc1cccc(-n2ccnc2SCC(=O)Nc2cc(Cl)ccc2F)c1. The van der Waals surface area contributed by atoms with Crippen LogP contribution in [0.5, 0.6) is 0 Å². The molecule has 4 nitrogen and oxygen atoms in total. The number of rotatable bonds is 5. The molecule has 3 aromatic rings. The van der Waals surface area contributed by atoms with Crippen LogP contribution < -0.4 is 5.32 Å². The van der Waals surface area contributed by atoms with Crippen LogP contribution in [-0.2, 0) is 4.79 Å². The first-order valence-corrected chi connectivity index (χ1v) is 8.87. The van der Waals surface area contributed by atoms with E-state index in [4.69, 9.17) is 11.6 Å². The molecule has 0 unspecified atom stereocenters. The van der Waals surface area contributed by atoms with E-state index in [-0.39, 0.29) is 17.3 Å². The highest BCUT2D eigenvalue weighted by molar-refractivity contribution is 7.99. The van der Waals surface area contributed by atoms with Crippen LogP contribution in [0.3, 0.4) is 0 Å². The van der Waals surface area contributed by atoms with Gasteiger partial charge < -0.3 is 5.32 Å². The number of thioether (sulfide) groups is 1. The van der Waals surface area contributed by atoms with Crippen molar-refractivity contribution in [1.29, 1.82) is 0 Å². The molecule has 0 fully saturated rings. The van der Waals surface area contributed by atoms with Crippen molar-refractivity contribution in [2.75, 3.05) is 11.1 Å². The van der Waals surface area contributed by atoms with Crippen LogP contribution in [0.4, 0.5) is 10.1 Å². The number of aryl methyl sites for hydroxylation is 1. The van der Waals surface area contributed by atoms with E-state index in [9.17, 15) is 9.18 Å². The smallest absolute Gasteiger partial charge is 0.234 e. The highest BCUT2D eigenvalue weighted by Gasteiger charge is 2.11. The van der Waals surface area contributed by atoms with E-state index in [1.807, 2.05) is 42.0 Å². The summed E-state index contributed by atoms with van der Waals surface area (Å²) in [5, 5.41) is 3.57. The predicted molar refractivity (Wildman–Crippen MR) is 99.1 cm³/mol. The second kappa shape index (κ2) is 7.72. The van der Waals surface area contributed by atoms with Crippen LogP contribution in [0.2, 0.25) is 5.02 Å². The van der Waals surface area contributed by atoms with E-state index in [2.05, 4.69) is 10.3 Å². The fourth-order valence-electron chi connectivity index (χ4n) is 2.28. The Kier molecular flexibility index (Phi) is 5.40. The summed E-state index contributed by atoms with van der Waals surface area (Å²) in [5.41, 5.74) is 2.18. The third-order valence-corrected chi connectivity index (χ3v) is 4.62. The Balaban J connectivity index is 1.67. The van der Waals surface area contributed by atoms with Gasteiger partial charge in [-0.3, -0.25) is 9.36 Å². The van der Waals surface area contributed by atoms with Crippen molar-refractivity contribution < 1.29 is 9.18 Å². The zero-order valence-corrected chi connectivity index (χ0v) is 14.9. The number of imidazole rings is 1. The number of aromatic nitrogens is 2. The lowest BCUT2D eigenvalue weighted by molar-refractivity contribution is -0.113. The lowest BCUT2D eigenvalue weighted by atomic mass is 10.2. The third-order valence-electron chi connectivity index (χ3n) is 3.42. The van der Waals surface area contributed by atoms with E-state index >= 15 is 0 Å². The van der Waals surface area contributed by atoms with Gasteiger partial charge in [-0.05, 0) is 42.8 Å². The number of benzene rings is 2. The van der Waals surface area contributed by atoms with Crippen LogP contribution in [0, 0.1) is 12.7 Å². The van der Waals surface area contributed by atoms with Gasteiger partial charge in [0.1, 0.15) is 5.82 Å². The van der Waals surface area contributed by atoms with Crippen LogP contribution in [-0.4, -0.2) is 21.2 Å². The highest BCUT2D eigenvalue weighted by atomic mass is 35.5. The molecule has 1 aromatic heterocycles. The second-order valence-corrected chi connectivity index (χ2v) is 6.76. The van der Waals surface area contributed by atoms with Gasteiger partial charge in [-0.1, -0.05) is 35.5 Å².